The monoisotopic (exact) mass is 241 g/mol. The van der Waals surface area contributed by atoms with E-state index in [9.17, 15) is 4.79 Å². The molecule has 0 saturated heterocycles. The normalized spacial score (nSPS) is 10.9. The maximum Gasteiger partial charge on any atom is 0.296 e. The van der Waals surface area contributed by atoms with Gasteiger partial charge >= 0.3 is 0 Å². The average molecular weight is 241 g/mol. The smallest absolute Gasteiger partial charge is 0.296 e. The summed E-state index contributed by atoms with van der Waals surface area (Å²) in [6, 6.07) is 9.68. The van der Waals surface area contributed by atoms with Gasteiger partial charge in [0.05, 0.1) is 5.39 Å². The molecule has 0 aliphatic rings. The minimum Gasteiger partial charge on any atom is -0.363 e. The van der Waals surface area contributed by atoms with Gasteiger partial charge in [0, 0.05) is 12.1 Å². The topological polar surface area (TPSA) is 60.9 Å². The van der Waals surface area contributed by atoms with Gasteiger partial charge < -0.3 is 4.52 Å². The molecule has 0 amide bonds. The highest BCUT2D eigenvalue weighted by Gasteiger charge is 2.14. The van der Waals surface area contributed by atoms with Gasteiger partial charge in [-0.1, -0.05) is 35.5 Å². The van der Waals surface area contributed by atoms with Crippen molar-refractivity contribution < 1.29 is 4.52 Å². The molecule has 3 rings (SSSR count). The second kappa shape index (κ2) is 4.10. The summed E-state index contributed by atoms with van der Waals surface area (Å²) in [4.78, 5) is 12.0. The Morgan fingerprint density at radius 2 is 2.06 bits per heavy atom. The van der Waals surface area contributed by atoms with E-state index >= 15 is 0 Å². The lowest BCUT2D eigenvalue weighted by Crippen LogP contribution is -2.22. The van der Waals surface area contributed by atoms with Crippen molar-refractivity contribution in [3.8, 4) is 11.3 Å². The van der Waals surface area contributed by atoms with Gasteiger partial charge in [0.25, 0.3) is 5.56 Å². The first kappa shape index (κ1) is 10.7. The van der Waals surface area contributed by atoms with Crippen LogP contribution in [0.5, 0.6) is 0 Å². The zero-order valence-electron chi connectivity index (χ0n) is 9.83. The Hall–Kier alpha value is -2.43. The molecule has 0 bridgehead atoms. The van der Waals surface area contributed by atoms with Crippen LogP contribution >= 0.6 is 0 Å². The highest BCUT2D eigenvalue weighted by atomic mass is 16.5. The molecule has 90 valence electrons. The summed E-state index contributed by atoms with van der Waals surface area (Å²) < 4.78 is 6.30. The lowest BCUT2D eigenvalue weighted by atomic mass is 10.1. The molecule has 0 aliphatic carbocycles. The summed E-state index contributed by atoms with van der Waals surface area (Å²) in [6.07, 6.45) is 1.46. The maximum atomic E-state index is 12.0. The molecular weight excluding hydrogens is 230 g/mol. The van der Waals surface area contributed by atoms with Crippen molar-refractivity contribution in [2.75, 3.05) is 0 Å². The average Bonchev–Trinajstić information content (AvgIpc) is 2.90. The number of fused-ring (bicyclic) bond motifs is 1. The first-order valence-electron chi connectivity index (χ1n) is 5.72. The summed E-state index contributed by atoms with van der Waals surface area (Å²) in [7, 11) is 0. The molecule has 0 atom stereocenters. The summed E-state index contributed by atoms with van der Waals surface area (Å²) in [6.45, 7) is 2.37. The van der Waals surface area contributed by atoms with E-state index in [1.807, 2.05) is 37.3 Å². The van der Waals surface area contributed by atoms with Crippen molar-refractivity contribution in [3.05, 3.63) is 46.9 Å². The van der Waals surface area contributed by atoms with Crippen molar-refractivity contribution in [3.63, 3.8) is 0 Å². The molecule has 5 nitrogen and oxygen atoms in total. The van der Waals surface area contributed by atoms with E-state index in [0.29, 0.717) is 23.1 Å². The van der Waals surface area contributed by atoms with Gasteiger partial charge in [-0.25, -0.2) is 4.68 Å². The molecule has 2 heterocycles. The second-order valence-electron chi connectivity index (χ2n) is 3.91. The highest BCUT2D eigenvalue weighted by molar-refractivity contribution is 5.90. The molecule has 18 heavy (non-hydrogen) atoms. The fourth-order valence-electron chi connectivity index (χ4n) is 1.92. The Balaban J connectivity index is 2.39. The molecule has 0 unspecified atom stereocenters. The van der Waals surface area contributed by atoms with Gasteiger partial charge in [-0.15, -0.1) is 0 Å². The zero-order chi connectivity index (χ0) is 12.5. The first-order chi connectivity index (χ1) is 8.81. The van der Waals surface area contributed by atoms with Gasteiger partial charge in [-0.3, -0.25) is 4.79 Å². The number of aromatic nitrogens is 3. The van der Waals surface area contributed by atoms with Crippen LogP contribution in [0.4, 0.5) is 0 Å². The van der Waals surface area contributed by atoms with Crippen LogP contribution in [0.3, 0.4) is 0 Å². The lowest BCUT2D eigenvalue weighted by molar-refractivity contribution is 0.427. The fourth-order valence-corrected chi connectivity index (χ4v) is 1.92. The van der Waals surface area contributed by atoms with Gasteiger partial charge in [-0.2, -0.15) is 5.10 Å². The molecule has 0 N–H and O–H groups in total. The molecule has 0 fully saturated rings. The second-order valence-corrected chi connectivity index (χ2v) is 3.91. The van der Waals surface area contributed by atoms with E-state index in [1.165, 1.54) is 10.9 Å². The van der Waals surface area contributed by atoms with Crippen LogP contribution in [-0.2, 0) is 6.54 Å². The van der Waals surface area contributed by atoms with Crippen molar-refractivity contribution >= 4 is 10.9 Å². The third kappa shape index (κ3) is 1.52. The third-order valence-electron chi connectivity index (χ3n) is 2.83. The number of aryl methyl sites for hydroxylation is 1. The zero-order valence-corrected chi connectivity index (χ0v) is 9.83. The summed E-state index contributed by atoms with van der Waals surface area (Å²) in [5.74, 6) is 0. The minimum absolute atomic E-state index is 0.221. The molecule has 0 saturated carbocycles. The van der Waals surface area contributed by atoms with Crippen LogP contribution in [0, 0.1) is 0 Å². The van der Waals surface area contributed by atoms with Crippen LogP contribution in [0.2, 0.25) is 0 Å². The predicted molar refractivity (Wildman–Crippen MR) is 67.2 cm³/mol. The van der Waals surface area contributed by atoms with Gasteiger partial charge in [0.1, 0.15) is 12.0 Å². The van der Waals surface area contributed by atoms with Gasteiger partial charge in [0.2, 0.25) is 0 Å². The van der Waals surface area contributed by atoms with Crippen LogP contribution in [0.25, 0.3) is 22.2 Å². The highest BCUT2D eigenvalue weighted by Crippen LogP contribution is 2.23. The van der Waals surface area contributed by atoms with Crippen LogP contribution in [0.1, 0.15) is 6.92 Å². The fraction of sp³-hybridized carbons (Fsp3) is 0.154. The number of hydrogen-bond donors (Lipinski definition) is 0. The Labute approximate surface area is 103 Å². The van der Waals surface area contributed by atoms with Crippen molar-refractivity contribution in [1.82, 2.24) is 14.9 Å². The van der Waals surface area contributed by atoms with Crippen molar-refractivity contribution in [1.29, 1.82) is 0 Å². The van der Waals surface area contributed by atoms with E-state index in [4.69, 9.17) is 4.52 Å². The molecule has 0 aliphatic heterocycles. The summed E-state index contributed by atoms with van der Waals surface area (Å²) in [5.41, 5.74) is 1.76. The molecule has 3 aromatic rings. The molecule has 0 spiro atoms. The van der Waals surface area contributed by atoms with E-state index < -0.39 is 0 Å². The molecular formula is C13H11N3O2. The van der Waals surface area contributed by atoms with Crippen LogP contribution in [-0.4, -0.2) is 14.9 Å². The number of benzene rings is 1. The SMILES string of the molecule is CCn1nc(-c2ccccc2)c2conc2c1=O. The lowest BCUT2D eigenvalue weighted by Gasteiger charge is -2.05. The molecule has 2 aromatic heterocycles. The van der Waals surface area contributed by atoms with E-state index in [0.717, 1.165) is 5.56 Å². The summed E-state index contributed by atoms with van der Waals surface area (Å²) in [5, 5.41) is 8.78. The first-order valence-corrected chi connectivity index (χ1v) is 5.72. The Morgan fingerprint density at radius 3 is 2.78 bits per heavy atom. The molecule has 5 heteroatoms. The summed E-state index contributed by atoms with van der Waals surface area (Å²) >= 11 is 0. The third-order valence-corrected chi connectivity index (χ3v) is 2.83. The largest absolute Gasteiger partial charge is 0.363 e. The Morgan fingerprint density at radius 1 is 1.28 bits per heavy atom. The Bertz CT molecular complexity index is 744. The quantitative estimate of drug-likeness (QED) is 0.689. The standard InChI is InChI=1S/C13H11N3O2/c1-2-16-13(17)12-10(8-18-15-12)11(14-16)9-6-4-3-5-7-9/h3-8H,2H2,1H3. The van der Waals surface area contributed by atoms with Crippen LogP contribution < -0.4 is 5.56 Å². The van der Waals surface area contributed by atoms with Gasteiger partial charge in [-0.05, 0) is 6.92 Å². The van der Waals surface area contributed by atoms with Crippen molar-refractivity contribution in [2.24, 2.45) is 0 Å². The molecule has 1 aromatic carbocycles. The number of rotatable bonds is 2. The van der Waals surface area contributed by atoms with Gasteiger partial charge in [0.15, 0.2) is 5.52 Å². The number of nitrogens with zero attached hydrogens (tertiary/aromatic N) is 3. The predicted octanol–water partition coefficient (Wildman–Crippen LogP) is 2.07. The van der Waals surface area contributed by atoms with E-state index in [-0.39, 0.29) is 5.56 Å². The Kier molecular flexibility index (Phi) is 2.44. The minimum atomic E-state index is -0.221. The van der Waals surface area contributed by atoms with Crippen molar-refractivity contribution in [2.45, 2.75) is 13.5 Å². The maximum absolute atomic E-state index is 12.0. The molecule has 0 radical (unpaired) electrons. The van der Waals surface area contributed by atoms with E-state index in [1.54, 1.807) is 0 Å². The van der Waals surface area contributed by atoms with Crippen LogP contribution in [0.15, 0.2) is 45.9 Å². The van der Waals surface area contributed by atoms with E-state index in [2.05, 4.69) is 10.3 Å². The number of hydrogen-bond acceptors (Lipinski definition) is 4.